The zero-order valence-electron chi connectivity index (χ0n) is 21.3. The SMILES string of the molecule is CCOC(=O)c1c(C=C(C)C(=O)Nc2ccccc2)c2c(Cl)cc(Cl)cc2n1COCC[Si](C)(C)C. The average molecular weight is 548 g/mol. The molecule has 1 amide bonds. The maximum Gasteiger partial charge on any atom is 0.355 e. The molecule has 6 nitrogen and oxygen atoms in total. The Labute approximate surface area is 223 Å². The van der Waals surface area contributed by atoms with Crippen molar-refractivity contribution in [2.75, 3.05) is 18.5 Å². The molecular formula is C27H32Cl2N2O4Si. The van der Waals surface area contributed by atoms with E-state index in [0.717, 1.165) is 6.04 Å². The molecule has 0 radical (unpaired) electrons. The molecule has 3 rings (SSSR count). The number of carbonyl (C=O) groups excluding carboxylic acids is 2. The fourth-order valence-electron chi connectivity index (χ4n) is 3.69. The van der Waals surface area contributed by atoms with Crippen molar-refractivity contribution in [3.05, 3.63) is 69.3 Å². The third-order valence-electron chi connectivity index (χ3n) is 5.56. The largest absolute Gasteiger partial charge is 0.461 e. The van der Waals surface area contributed by atoms with Crippen LogP contribution in [0.25, 0.3) is 17.0 Å². The average Bonchev–Trinajstić information content (AvgIpc) is 3.10. The second kappa shape index (κ2) is 12.1. The Morgan fingerprint density at radius 3 is 2.44 bits per heavy atom. The summed E-state index contributed by atoms with van der Waals surface area (Å²) in [5.41, 5.74) is 2.44. The van der Waals surface area contributed by atoms with E-state index in [1.807, 2.05) is 18.2 Å². The van der Waals surface area contributed by atoms with Crippen LogP contribution < -0.4 is 5.32 Å². The molecule has 0 spiro atoms. The smallest absolute Gasteiger partial charge is 0.355 e. The van der Waals surface area contributed by atoms with Crippen LogP contribution in [-0.2, 0) is 21.0 Å². The fraction of sp³-hybridized carbons (Fsp3) is 0.333. The Kier molecular flexibility index (Phi) is 9.41. The van der Waals surface area contributed by atoms with Gasteiger partial charge in [-0.2, -0.15) is 0 Å². The number of carbonyl (C=O) groups is 2. The molecule has 1 N–H and O–H groups in total. The number of halogens is 2. The second-order valence-corrected chi connectivity index (χ2v) is 16.2. The number of aromatic nitrogens is 1. The summed E-state index contributed by atoms with van der Waals surface area (Å²) < 4.78 is 13.1. The molecule has 36 heavy (non-hydrogen) atoms. The summed E-state index contributed by atoms with van der Waals surface area (Å²) in [5.74, 6) is -0.828. The molecule has 0 bridgehead atoms. The van der Waals surface area contributed by atoms with Crippen LogP contribution in [0.1, 0.15) is 29.9 Å². The van der Waals surface area contributed by atoms with Gasteiger partial charge >= 0.3 is 5.97 Å². The number of benzene rings is 2. The molecule has 2 aromatic carbocycles. The van der Waals surface area contributed by atoms with E-state index in [9.17, 15) is 9.59 Å². The van der Waals surface area contributed by atoms with Gasteiger partial charge in [0.25, 0.3) is 5.91 Å². The van der Waals surface area contributed by atoms with Gasteiger partial charge < -0.3 is 19.4 Å². The van der Waals surface area contributed by atoms with Gasteiger partial charge in [-0.25, -0.2) is 4.79 Å². The van der Waals surface area contributed by atoms with E-state index < -0.39 is 14.0 Å². The minimum atomic E-state index is -1.30. The van der Waals surface area contributed by atoms with E-state index in [1.54, 1.807) is 48.8 Å². The topological polar surface area (TPSA) is 69.6 Å². The Morgan fingerprint density at radius 2 is 1.81 bits per heavy atom. The van der Waals surface area contributed by atoms with Crippen molar-refractivity contribution in [2.45, 2.75) is 46.3 Å². The highest BCUT2D eigenvalue weighted by Crippen LogP contribution is 2.37. The third kappa shape index (κ3) is 7.00. The lowest BCUT2D eigenvalue weighted by molar-refractivity contribution is -0.112. The Balaban J connectivity index is 2.11. The summed E-state index contributed by atoms with van der Waals surface area (Å²) in [5, 5.41) is 4.26. The first kappa shape index (κ1) is 28.0. The van der Waals surface area contributed by atoms with Gasteiger partial charge in [0.2, 0.25) is 0 Å². The van der Waals surface area contributed by atoms with Crippen LogP contribution in [-0.4, -0.2) is 37.7 Å². The first-order valence-electron chi connectivity index (χ1n) is 11.8. The summed E-state index contributed by atoms with van der Waals surface area (Å²) >= 11 is 13.0. The first-order chi connectivity index (χ1) is 17.0. The standard InChI is InChI=1S/C27H32Cl2N2O4Si/c1-6-35-27(33)25-21(14-18(2)26(32)30-20-10-8-7-9-11-20)24-22(29)15-19(28)16-23(24)31(25)17-34-12-13-36(3,4)5/h7-11,14-16H,6,12-13,17H2,1-5H3,(H,30,32). The highest BCUT2D eigenvalue weighted by molar-refractivity contribution is 6.76. The van der Waals surface area contributed by atoms with Crippen LogP contribution in [0, 0.1) is 0 Å². The summed E-state index contributed by atoms with van der Waals surface area (Å²) in [6.07, 6.45) is 1.66. The van der Waals surface area contributed by atoms with Crippen molar-refractivity contribution in [3.8, 4) is 0 Å². The number of nitrogens with zero attached hydrogens (tertiary/aromatic N) is 1. The number of amides is 1. The summed E-state index contributed by atoms with van der Waals surface area (Å²) in [6, 6.07) is 13.5. The highest BCUT2D eigenvalue weighted by Gasteiger charge is 2.26. The third-order valence-corrected chi connectivity index (χ3v) is 7.78. The van der Waals surface area contributed by atoms with E-state index in [-0.39, 0.29) is 24.9 Å². The molecule has 0 aliphatic carbocycles. The normalized spacial score (nSPS) is 12.1. The minimum absolute atomic E-state index is 0.120. The number of hydrogen-bond donors (Lipinski definition) is 1. The van der Waals surface area contributed by atoms with Crippen LogP contribution in [0.15, 0.2) is 48.0 Å². The number of ether oxygens (including phenoxy) is 2. The first-order valence-corrected chi connectivity index (χ1v) is 16.3. The summed E-state index contributed by atoms with van der Waals surface area (Å²) in [6.45, 7) is 11.1. The maximum atomic E-state index is 13.2. The van der Waals surface area contributed by atoms with Crippen LogP contribution in [0.5, 0.6) is 0 Å². The van der Waals surface area contributed by atoms with Crippen molar-refractivity contribution in [3.63, 3.8) is 0 Å². The van der Waals surface area contributed by atoms with Crippen LogP contribution in [0.4, 0.5) is 5.69 Å². The van der Waals surface area contributed by atoms with Gasteiger partial charge in [-0.05, 0) is 50.2 Å². The molecule has 1 heterocycles. The molecule has 0 fully saturated rings. The predicted molar refractivity (Wildman–Crippen MR) is 151 cm³/mol. The van der Waals surface area contributed by atoms with Crippen molar-refractivity contribution in [1.29, 1.82) is 0 Å². The summed E-state index contributed by atoms with van der Waals surface area (Å²) in [4.78, 5) is 26.1. The quantitative estimate of drug-likeness (QED) is 0.124. The van der Waals surface area contributed by atoms with Crippen molar-refractivity contribution >= 4 is 65.8 Å². The van der Waals surface area contributed by atoms with Gasteiger partial charge in [-0.1, -0.05) is 61.0 Å². The van der Waals surface area contributed by atoms with Crippen molar-refractivity contribution in [1.82, 2.24) is 4.57 Å². The molecule has 0 unspecified atom stereocenters. The van der Waals surface area contributed by atoms with Gasteiger partial charge in [0, 0.05) is 41.9 Å². The number of nitrogens with one attached hydrogen (secondary N) is 1. The molecule has 1 aromatic heterocycles. The maximum absolute atomic E-state index is 13.2. The number of para-hydroxylation sites is 1. The van der Waals surface area contributed by atoms with Gasteiger partial charge in [0.15, 0.2) is 0 Å². The number of rotatable bonds is 10. The lowest BCUT2D eigenvalue weighted by atomic mass is 10.1. The molecule has 3 aromatic rings. The number of hydrogen-bond acceptors (Lipinski definition) is 4. The van der Waals surface area contributed by atoms with E-state index in [0.29, 0.717) is 44.4 Å². The van der Waals surface area contributed by atoms with Crippen molar-refractivity contribution < 1.29 is 19.1 Å². The van der Waals surface area contributed by atoms with Gasteiger partial charge in [-0.3, -0.25) is 4.79 Å². The molecule has 0 saturated heterocycles. The molecule has 9 heteroatoms. The molecule has 0 atom stereocenters. The Bertz CT molecular complexity index is 1280. The number of esters is 1. The van der Waals surface area contributed by atoms with Crippen LogP contribution in [0.3, 0.4) is 0 Å². The van der Waals surface area contributed by atoms with E-state index >= 15 is 0 Å². The second-order valence-electron chi connectivity index (χ2n) is 9.69. The zero-order chi connectivity index (χ0) is 26.5. The fourth-order valence-corrected chi connectivity index (χ4v) is 5.03. The minimum Gasteiger partial charge on any atom is -0.461 e. The number of fused-ring (bicyclic) bond motifs is 1. The van der Waals surface area contributed by atoms with Crippen molar-refractivity contribution in [2.24, 2.45) is 0 Å². The Morgan fingerprint density at radius 1 is 1.11 bits per heavy atom. The number of anilines is 1. The lowest BCUT2D eigenvalue weighted by Gasteiger charge is -2.17. The van der Waals surface area contributed by atoms with Crippen LogP contribution in [0.2, 0.25) is 35.7 Å². The molecule has 0 aliphatic heterocycles. The van der Waals surface area contributed by atoms with Gasteiger partial charge in [-0.15, -0.1) is 0 Å². The molecule has 0 saturated carbocycles. The monoisotopic (exact) mass is 546 g/mol. The highest BCUT2D eigenvalue weighted by atomic mass is 35.5. The van der Waals surface area contributed by atoms with E-state index in [4.69, 9.17) is 32.7 Å². The zero-order valence-corrected chi connectivity index (χ0v) is 23.8. The lowest BCUT2D eigenvalue weighted by Crippen LogP contribution is -2.22. The van der Waals surface area contributed by atoms with Gasteiger partial charge in [0.05, 0.1) is 17.1 Å². The molecular weight excluding hydrogens is 515 g/mol. The summed E-state index contributed by atoms with van der Waals surface area (Å²) in [7, 11) is -1.30. The van der Waals surface area contributed by atoms with E-state index in [1.165, 1.54) is 0 Å². The van der Waals surface area contributed by atoms with Crippen LogP contribution >= 0.6 is 23.2 Å². The molecule has 0 aliphatic rings. The predicted octanol–water partition coefficient (Wildman–Crippen LogP) is 7.48. The molecule has 192 valence electrons. The Hall–Kier alpha value is -2.58. The van der Waals surface area contributed by atoms with Gasteiger partial charge in [0.1, 0.15) is 12.4 Å². The van der Waals surface area contributed by atoms with E-state index in [2.05, 4.69) is 25.0 Å².